The summed E-state index contributed by atoms with van der Waals surface area (Å²) in [7, 11) is -0.247. The fourth-order valence-corrected chi connectivity index (χ4v) is 1.83. The van der Waals surface area contributed by atoms with Crippen LogP contribution in [0, 0.1) is 5.92 Å². The molecule has 1 aliphatic rings. The van der Waals surface area contributed by atoms with Crippen molar-refractivity contribution in [2.75, 3.05) is 39.5 Å². The number of nitrogens with zero attached hydrogens (tertiary/aromatic N) is 1. The molecule has 0 aromatic rings. The molecule has 88 valence electrons. The fourth-order valence-electron chi connectivity index (χ4n) is 1.10. The SMILES string of the molecule is CN(C)S(=O)(=O)CCNC(=O)C1CNC1. The van der Waals surface area contributed by atoms with Crippen LogP contribution in [0.4, 0.5) is 0 Å². The third-order valence-corrected chi connectivity index (χ3v) is 4.20. The Morgan fingerprint density at radius 3 is 2.47 bits per heavy atom. The number of carbonyl (C=O) groups excluding carboxylic acids is 1. The van der Waals surface area contributed by atoms with E-state index in [0.29, 0.717) is 13.1 Å². The Morgan fingerprint density at radius 2 is 2.07 bits per heavy atom. The molecule has 6 nitrogen and oxygen atoms in total. The number of hydrogen-bond donors (Lipinski definition) is 2. The summed E-state index contributed by atoms with van der Waals surface area (Å²) in [4.78, 5) is 11.3. The Bertz CT molecular complexity index is 322. The number of rotatable bonds is 5. The normalized spacial score (nSPS) is 17.5. The van der Waals surface area contributed by atoms with Crippen LogP contribution in [0.2, 0.25) is 0 Å². The quantitative estimate of drug-likeness (QED) is 0.590. The standard InChI is InChI=1S/C8H17N3O3S/c1-11(2)15(13,14)4-3-10-8(12)7-5-9-6-7/h7,9H,3-6H2,1-2H3,(H,10,12). The molecule has 0 unspecified atom stereocenters. The molecule has 1 aliphatic heterocycles. The van der Waals surface area contributed by atoms with E-state index in [1.165, 1.54) is 14.1 Å². The van der Waals surface area contributed by atoms with Gasteiger partial charge in [-0.15, -0.1) is 0 Å². The summed E-state index contributed by atoms with van der Waals surface area (Å²) in [6, 6.07) is 0. The zero-order valence-electron chi connectivity index (χ0n) is 8.99. The second kappa shape index (κ2) is 4.91. The number of amides is 1. The maximum Gasteiger partial charge on any atom is 0.225 e. The zero-order valence-corrected chi connectivity index (χ0v) is 9.80. The number of sulfonamides is 1. The van der Waals surface area contributed by atoms with Gasteiger partial charge in [-0.25, -0.2) is 12.7 Å². The van der Waals surface area contributed by atoms with E-state index in [-0.39, 0.29) is 24.1 Å². The minimum atomic E-state index is -3.21. The van der Waals surface area contributed by atoms with E-state index in [9.17, 15) is 13.2 Å². The van der Waals surface area contributed by atoms with Gasteiger partial charge in [-0.05, 0) is 0 Å². The van der Waals surface area contributed by atoms with E-state index in [0.717, 1.165) is 4.31 Å². The summed E-state index contributed by atoms with van der Waals surface area (Å²) in [5.41, 5.74) is 0. The van der Waals surface area contributed by atoms with E-state index >= 15 is 0 Å². The molecule has 0 radical (unpaired) electrons. The third-order valence-electron chi connectivity index (χ3n) is 2.37. The van der Waals surface area contributed by atoms with Crippen LogP contribution in [0.25, 0.3) is 0 Å². The second-order valence-corrected chi connectivity index (χ2v) is 6.05. The predicted octanol–water partition coefficient (Wildman–Crippen LogP) is -1.79. The molecule has 0 bridgehead atoms. The van der Waals surface area contributed by atoms with Crippen LogP contribution in [-0.2, 0) is 14.8 Å². The molecule has 7 heteroatoms. The van der Waals surface area contributed by atoms with Gasteiger partial charge in [-0.3, -0.25) is 4.79 Å². The first-order valence-electron chi connectivity index (χ1n) is 4.82. The van der Waals surface area contributed by atoms with Crippen molar-refractivity contribution >= 4 is 15.9 Å². The molecule has 1 amide bonds. The Kier molecular flexibility index (Phi) is 4.06. The maximum atomic E-state index is 11.3. The molecular weight excluding hydrogens is 218 g/mol. The molecule has 1 fully saturated rings. The lowest BCUT2D eigenvalue weighted by atomic mass is 10.0. The highest BCUT2D eigenvalue weighted by atomic mass is 32.2. The van der Waals surface area contributed by atoms with Crippen LogP contribution in [-0.4, -0.2) is 58.1 Å². The molecular formula is C8H17N3O3S. The molecule has 2 N–H and O–H groups in total. The zero-order chi connectivity index (χ0) is 11.5. The highest BCUT2D eigenvalue weighted by molar-refractivity contribution is 7.89. The van der Waals surface area contributed by atoms with Crippen molar-refractivity contribution in [2.45, 2.75) is 0 Å². The summed E-state index contributed by atoms with van der Waals surface area (Å²) in [6.45, 7) is 1.55. The summed E-state index contributed by atoms with van der Waals surface area (Å²) in [5.74, 6) is -0.110. The predicted molar refractivity (Wildman–Crippen MR) is 56.8 cm³/mol. The van der Waals surface area contributed by atoms with Gasteiger partial charge >= 0.3 is 0 Å². The van der Waals surface area contributed by atoms with Crippen LogP contribution in [0.1, 0.15) is 0 Å². The lowest BCUT2D eigenvalue weighted by molar-refractivity contribution is -0.126. The van der Waals surface area contributed by atoms with Crippen molar-refractivity contribution in [3.05, 3.63) is 0 Å². The van der Waals surface area contributed by atoms with Gasteiger partial charge in [0.2, 0.25) is 15.9 Å². The Morgan fingerprint density at radius 1 is 1.47 bits per heavy atom. The monoisotopic (exact) mass is 235 g/mol. The van der Waals surface area contributed by atoms with Gasteiger partial charge in [0.1, 0.15) is 0 Å². The first-order valence-corrected chi connectivity index (χ1v) is 6.43. The van der Waals surface area contributed by atoms with Crippen LogP contribution in [0.3, 0.4) is 0 Å². The van der Waals surface area contributed by atoms with Crippen molar-refractivity contribution in [3.8, 4) is 0 Å². The van der Waals surface area contributed by atoms with Gasteiger partial charge in [0, 0.05) is 33.7 Å². The summed E-state index contributed by atoms with van der Waals surface area (Å²) < 4.78 is 23.8. The highest BCUT2D eigenvalue weighted by Crippen LogP contribution is 2.01. The summed E-state index contributed by atoms with van der Waals surface area (Å²) >= 11 is 0. The summed E-state index contributed by atoms with van der Waals surface area (Å²) in [6.07, 6.45) is 0. The van der Waals surface area contributed by atoms with Crippen molar-refractivity contribution in [1.82, 2.24) is 14.9 Å². The molecule has 0 saturated carbocycles. The lowest BCUT2D eigenvalue weighted by Crippen LogP contribution is -2.51. The Hall–Kier alpha value is -0.660. The molecule has 0 aromatic heterocycles. The van der Waals surface area contributed by atoms with Crippen molar-refractivity contribution in [3.63, 3.8) is 0 Å². The summed E-state index contributed by atoms with van der Waals surface area (Å²) in [5, 5.41) is 5.59. The van der Waals surface area contributed by atoms with Gasteiger partial charge in [-0.1, -0.05) is 0 Å². The second-order valence-electron chi connectivity index (χ2n) is 3.74. The first kappa shape index (κ1) is 12.4. The fraction of sp³-hybridized carbons (Fsp3) is 0.875. The van der Waals surface area contributed by atoms with Gasteiger partial charge in [0.25, 0.3) is 0 Å². The van der Waals surface area contributed by atoms with E-state index in [4.69, 9.17) is 0 Å². The van der Waals surface area contributed by atoms with Crippen molar-refractivity contribution in [1.29, 1.82) is 0 Å². The Labute approximate surface area is 90.1 Å². The van der Waals surface area contributed by atoms with Crippen LogP contribution < -0.4 is 10.6 Å². The first-order chi connectivity index (χ1) is 6.93. The maximum absolute atomic E-state index is 11.3. The minimum absolute atomic E-state index is 0.00654. The smallest absolute Gasteiger partial charge is 0.225 e. The average Bonchev–Trinajstić information content (AvgIpc) is 1.99. The molecule has 0 atom stereocenters. The topological polar surface area (TPSA) is 78.5 Å². The minimum Gasteiger partial charge on any atom is -0.355 e. The van der Waals surface area contributed by atoms with Crippen molar-refractivity contribution in [2.24, 2.45) is 5.92 Å². The van der Waals surface area contributed by atoms with Crippen molar-refractivity contribution < 1.29 is 13.2 Å². The number of nitrogens with one attached hydrogen (secondary N) is 2. The van der Waals surface area contributed by atoms with Gasteiger partial charge in [-0.2, -0.15) is 0 Å². The van der Waals surface area contributed by atoms with E-state index in [2.05, 4.69) is 10.6 Å². The highest BCUT2D eigenvalue weighted by Gasteiger charge is 2.24. The largest absolute Gasteiger partial charge is 0.355 e. The molecule has 1 saturated heterocycles. The molecule has 0 aromatic carbocycles. The van der Waals surface area contributed by atoms with E-state index in [1.54, 1.807) is 0 Å². The van der Waals surface area contributed by atoms with Crippen LogP contribution in [0.15, 0.2) is 0 Å². The molecule has 0 aliphatic carbocycles. The molecule has 0 spiro atoms. The Balaban J connectivity index is 2.23. The molecule has 15 heavy (non-hydrogen) atoms. The lowest BCUT2D eigenvalue weighted by Gasteiger charge is -2.25. The van der Waals surface area contributed by atoms with E-state index in [1.807, 2.05) is 0 Å². The third kappa shape index (κ3) is 3.44. The molecule has 1 heterocycles. The van der Waals surface area contributed by atoms with Gasteiger partial charge in [0.15, 0.2) is 0 Å². The van der Waals surface area contributed by atoms with Crippen LogP contribution >= 0.6 is 0 Å². The molecule has 1 rings (SSSR count). The van der Waals surface area contributed by atoms with Crippen LogP contribution in [0.5, 0.6) is 0 Å². The van der Waals surface area contributed by atoms with Gasteiger partial charge < -0.3 is 10.6 Å². The van der Waals surface area contributed by atoms with E-state index < -0.39 is 10.0 Å². The van der Waals surface area contributed by atoms with Gasteiger partial charge in [0.05, 0.1) is 11.7 Å². The number of carbonyl (C=O) groups is 1. The average molecular weight is 235 g/mol. The number of hydrogen-bond acceptors (Lipinski definition) is 4.